The molecule has 0 saturated carbocycles. The molecule has 0 aliphatic carbocycles. The van der Waals surface area contributed by atoms with Crippen molar-refractivity contribution in [3.63, 3.8) is 0 Å². The Bertz CT molecular complexity index is 1430. The van der Waals surface area contributed by atoms with Crippen molar-refractivity contribution in [3.05, 3.63) is 71.0 Å². The number of para-hydroxylation sites is 1. The second-order valence-electron chi connectivity index (χ2n) is 10.5. The van der Waals surface area contributed by atoms with Crippen molar-refractivity contribution in [3.8, 4) is 16.9 Å². The van der Waals surface area contributed by atoms with Gasteiger partial charge in [-0.1, -0.05) is 40.2 Å². The van der Waals surface area contributed by atoms with Crippen LogP contribution in [0.15, 0.2) is 65.4 Å². The second-order valence-corrected chi connectivity index (χ2v) is 11.5. The Balaban J connectivity index is 1.45. The van der Waals surface area contributed by atoms with Crippen molar-refractivity contribution in [2.24, 2.45) is 0 Å². The van der Waals surface area contributed by atoms with Gasteiger partial charge in [0.15, 0.2) is 0 Å². The number of halogens is 1. The van der Waals surface area contributed by atoms with Gasteiger partial charge in [0, 0.05) is 52.6 Å². The van der Waals surface area contributed by atoms with Crippen LogP contribution < -0.4 is 5.32 Å². The fourth-order valence-electron chi connectivity index (χ4n) is 4.75. The predicted molar refractivity (Wildman–Crippen MR) is 151 cm³/mol. The third-order valence-electron chi connectivity index (χ3n) is 6.44. The minimum atomic E-state index is -0.513. The van der Waals surface area contributed by atoms with Crippen LogP contribution in [0.1, 0.15) is 39.2 Å². The van der Waals surface area contributed by atoms with Gasteiger partial charge in [0.05, 0.1) is 11.2 Å². The number of ether oxygens (including phenoxy) is 1. The van der Waals surface area contributed by atoms with Crippen LogP contribution >= 0.6 is 15.9 Å². The molecule has 0 spiro atoms. The highest BCUT2D eigenvalue weighted by Crippen LogP contribution is 2.35. The zero-order valence-electron chi connectivity index (χ0n) is 21.7. The maximum Gasteiger partial charge on any atom is 0.410 e. The van der Waals surface area contributed by atoms with E-state index in [4.69, 9.17) is 9.72 Å². The van der Waals surface area contributed by atoms with Crippen LogP contribution in [-0.2, 0) is 4.74 Å². The molecule has 0 radical (unpaired) electrons. The molecule has 3 heterocycles. The molecule has 1 saturated heterocycles. The number of likely N-dealkylation sites (tertiary alicyclic amines) is 1. The molecule has 2 aromatic heterocycles. The van der Waals surface area contributed by atoms with Crippen LogP contribution in [0.5, 0.6) is 0 Å². The van der Waals surface area contributed by atoms with Crippen LogP contribution in [0.4, 0.5) is 10.7 Å². The third kappa shape index (κ3) is 5.64. The standard InChI is InChI=1S/C29H32BrN5O2/c1-19-16-31-27(32-21-9-8-14-34(17-21)28(36)37-29(2,3)4)33-26(19)24-18-35(22-10-6-5-7-11-22)25-15-20(30)12-13-23(24)25/h5-7,10-13,15-16,18,21H,8-9,14,17H2,1-4H3,(H,31,32,33)/t21-/m0/s1. The van der Waals surface area contributed by atoms with E-state index in [1.807, 2.05) is 52.1 Å². The molecule has 2 aromatic carbocycles. The first-order valence-corrected chi connectivity index (χ1v) is 13.4. The van der Waals surface area contributed by atoms with Gasteiger partial charge in [-0.2, -0.15) is 0 Å². The number of aromatic nitrogens is 3. The Labute approximate surface area is 226 Å². The topological polar surface area (TPSA) is 72.3 Å². The predicted octanol–water partition coefficient (Wildman–Crippen LogP) is 6.97. The zero-order chi connectivity index (χ0) is 26.2. The van der Waals surface area contributed by atoms with E-state index in [1.54, 1.807) is 4.90 Å². The monoisotopic (exact) mass is 561 g/mol. The Morgan fingerprint density at radius 3 is 2.70 bits per heavy atom. The summed E-state index contributed by atoms with van der Waals surface area (Å²) < 4.78 is 8.80. The number of anilines is 1. The highest BCUT2D eigenvalue weighted by molar-refractivity contribution is 9.10. The molecule has 1 aliphatic heterocycles. The van der Waals surface area contributed by atoms with Crippen LogP contribution in [-0.4, -0.2) is 50.3 Å². The molecule has 37 heavy (non-hydrogen) atoms. The number of piperidine rings is 1. The number of amides is 1. The van der Waals surface area contributed by atoms with Gasteiger partial charge in [0.1, 0.15) is 5.60 Å². The van der Waals surface area contributed by atoms with Gasteiger partial charge in [0.2, 0.25) is 5.95 Å². The molecule has 7 nitrogen and oxygen atoms in total. The molecule has 1 fully saturated rings. The number of carbonyl (C=O) groups is 1. The normalized spacial score (nSPS) is 16.1. The summed E-state index contributed by atoms with van der Waals surface area (Å²) in [6, 6.07) is 16.7. The summed E-state index contributed by atoms with van der Waals surface area (Å²) in [5.41, 5.74) is 4.61. The van der Waals surface area contributed by atoms with Gasteiger partial charge in [-0.15, -0.1) is 0 Å². The van der Waals surface area contributed by atoms with Crippen molar-refractivity contribution in [1.29, 1.82) is 0 Å². The first kappa shape index (κ1) is 25.3. The summed E-state index contributed by atoms with van der Waals surface area (Å²) in [5.74, 6) is 0.564. The number of nitrogens with zero attached hydrogens (tertiary/aromatic N) is 4. The molecule has 8 heteroatoms. The Morgan fingerprint density at radius 2 is 1.95 bits per heavy atom. The third-order valence-corrected chi connectivity index (χ3v) is 6.93. The van der Waals surface area contributed by atoms with Gasteiger partial charge >= 0.3 is 6.09 Å². The van der Waals surface area contributed by atoms with E-state index < -0.39 is 5.60 Å². The summed E-state index contributed by atoms with van der Waals surface area (Å²) in [6.07, 6.45) is 5.58. The van der Waals surface area contributed by atoms with E-state index in [2.05, 4.69) is 67.3 Å². The van der Waals surface area contributed by atoms with E-state index in [9.17, 15) is 4.79 Å². The van der Waals surface area contributed by atoms with E-state index in [1.165, 1.54) is 0 Å². The largest absolute Gasteiger partial charge is 0.444 e. The number of hydrogen-bond acceptors (Lipinski definition) is 5. The summed E-state index contributed by atoms with van der Waals surface area (Å²) in [6.45, 7) is 8.96. The number of hydrogen-bond donors (Lipinski definition) is 1. The number of nitrogens with one attached hydrogen (secondary N) is 1. The molecule has 0 unspecified atom stereocenters. The maximum atomic E-state index is 12.6. The lowest BCUT2D eigenvalue weighted by Gasteiger charge is -2.34. The molecule has 1 atom stereocenters. The Hall–Kier alpha value is -3.39. The van der Waals surface area contributed by atoms with Crippen molar-refractivity contribution in [1.82, 2.24) is 19.4 Å². The molecule has 1 amide bonds. The fraction of sp³-hybridized carbons (Fsp3) is 0.345. The van der Waals surface area contributed by atoms with E-state index >= 15 is 0 Å². The number of fused-ring (bicyclic) bond motifs is 1. The lowest BCUT2D eigenvalue weighted by atomic mass is 10.1. The molecule has 0 bridgehead atoms. The van der Waals surface area contributed by atoms with Gasteiger partial charge in [-0.05, 0) is 70.4 Å². The SMILES string of the molecule is Cc1cnc(N[C@H]2CCCN(C(=O)OC(C)(C)C)C2)nc1-c1cn(-c2ccccc2)c2cc(Br)ccc12. The molecule has 4 aromatic rings. The Morgan fingerprint density at radius 1 is 1.16 bits per heavy atom. The molecular weight excluding hydrogens is 530 g/mol. The molecule has 1 aliphatic rings. The van der Waals surface area contributed by atoms with Crippen LogP contribution in [0.3, 0.4) is 0 Å². The first-order valence-electron chi connectivity index (χ1n) is 12.6. The average molecular weight is 563 g/mol. The summed E-state index contributed by atoms with van der Waals surface area (Å²) >= 11 is 3.63. The summed E-state index contributed by atoms with van der Waals surface area (Å²) in [5, 5.41) is 4.59. The zero-order valence-corrected chi connectivity index (χ0v) is 23.2. The molecule has 1 N–H and O–H groups in total. The minimum Gasteiger partial charge on any atom is -0.444 e. The summed E-state index contributed by atoms with van der Waals surface area (Å²) in [4.78, 5) is 23.9. The lowest BCUT2D eigenvalue weighted by Crippen LogP contribution is -2.47. The fourth-order valence-corrected chi connectivity index (χ4v) is 5.09. The number of benzene rings is 2. The minimum absolute atomic E-state index is 0.0541. The quantitative estimate of drug-likeness (QED) is 0.291. The molecular formula is C29H32BrN5O2. The highest BCUT2D eigenvalue weighted by Gasteiger charge is 2.28. The van der Waals surface area contributed by atoms with Crippen LogP contribution in [0.25, 0.3) is 27.8 Å². The maximum absolute atomic E-state index is 12.6. The van der Waals surface area contributed by atoms with E-state index in [-0.39, 0.29) is 12.1 Å². The number of carbonyl (C=O) groups excluding carboxylic acids is 1. The lowest BCUT2D eigenvalue weighted by molar-refractivity contribution is 0.0206. The molecule has 192 valence electrons. The molecule has 5 rings (SSSR count). The van der Waals surface area contributed by atoms with Crippen molar-refractivity contribution in [2.75, 3.05) is 18.4 Å². The van der Waals surface area contributed by atoms with Gasteiger partial charge in [0.25, 0.3) is 0 Å². The van der Waals surface area contributed by atoms with E-state index in [0.717, 1.165) is 50.7 Å². The van der Waals surface area contributed by atoms with Crippen molar-refractivity contribution in [2.45, 2.75) is 52.2 Å². The summed E-state index contributed by atoms with van der Waals surface area (Å²) in [7, 11) is 0. The average Bonchev–Trinajstić information content (AvgIpc) is 3.23. The van der Waals surface area contributed by atoms with Crippen molar-refractivity contribution < 1.29 is 9.53 Å². The van der Waals surface area contributed by atoms with Gasteiger partial charge < -0.3 is 19.5 Å². The Kier molecular flexibility index (Phi) is 6.94. The van der Waals surface area contributed by atoms with Gasteiger partial charge in [-0.25, -0.2) is 14.8 Å². The van der Waals surface area contributed by atoms with E-state index in [0.29, 0.717) is 19.0 Å². The smallest absolute Gasteiger partial charge is 0.410 e. The van der Waals surface area contributed by atoms with Gasteiger partial charge in [-0.3, -0.25) is 0 Å². The highest BCUT2D eigenvalue weighted by atomic mass is 79.9. The van der Waals surface area contributed by atoms with Crippen molar-refractivity contribution >= 4 is 38.9 Å². The second kappa shape index (κ2) is 10.2. The van der Waals surface area contributed by atoms with Crippen LogP contribution in [0.2, 0.25) is 0 Å². The number of rotatable bonds is 4. The van der Waals surface area contributed by atoms with Crippen LogP contribution in [0, 0.1) is 6.92 Å². The number of aryl methyl sites for hydroxylation is 1. The first-order chi connectivity index (χ1) is 17.7.